The van der Waals surface area contributed by atoms with E-state index in [-0.39, 0.29) is 11.9 Å². The van der Waals surface area contributed by atoms with Gasteiger partial charge in [-0.15, -0.1) is 11.3 Å². The molecule has 1 atom stereocenters. The van der Waals surface area contributed by atoms with Gasteiger partial charge in [0.25, 0.3) is 5.91 Å². The van der Waals surface area contributed by atoms with Gasteiger partial charge in [0.05, 0.1) is 6.04 Å². The second kappa shape index (κ2) is 7.80. The van der Waals surface area contributed by atoms with E-state index in [4.69, 9.17) is 0 Å². The number of nitrogens with one attached hydrogen (secondary N) is 1. The third kappa shape index (κ3) is 4.17. The van der Waals surface area contributed by atoms with Crippen molar-refractivity contribution >= 4 is 17.2 Å². The molecule has 4 heteroatoms. The summed E-state index contributed by atoms with van der Waals surface area (Å²) in [4.78, 5) is 16.3. The summed E-state index contributed by atoms with van der Waals surface area (Å²) in [7, 11) is 0. The smallest absolute Gasteiger partial charge is 0.251 e. The molecule has 1 aromatic heterocycles. The minimum absolute atomic E-state index is 0.0548. The van der Waals surface area contributed by atoms with Crippen LogP contribution >= 0.6 is 11.3 Å². The highest BCUT2D eigenvalue weighted by molar-refractivity contribution is 7.09. The number of rotatable bonds is 3. The van der Waals surface area contributed by atoms with E-state index in [1.807, 2.05) is 58.2 Å². The van der Waals surface area contributed by atoms with E-state index >= 15 is 0 Å². The third-order valence-corrected chi connectivity index (χ3v) is 3.90. The molecule has 0 bridgehead atoms. The van der Waals surface area contributed by atoms with Crippen molar-refractivity contribution < 1.29 is 4.79 Å². The maximum Gasteiger partial charge on any atom is 0.251 e. The van der Waals surface area contributed by atoms with Crippen LogP contribution in [-0.2, 0) is 0 Å². The molecule has 0 aliphatic heterocycles. The highest BCUT2D eigenvalue weighted by Crippen LogP contribution is 2.16. The summed E-state index contributed by atoms with van der Waals surface area (Å²) < 4.78 is 0. The first-order valence-corrected chi connectivity index (χ1v) is 7.73. The van der Waals surface area contributed by atoms with E-state index in [0.29, 0.717) is 5.56 Å². The third-order valence-electron chi connectivity index (χ3n) is 2.94. The largest absolute Gasteiger partial charge is 0.343 e. The fraction of sp³-hybridized carbons (Fsp3) is 0.375. The van der Waals surface area contributed by atoms with Crippen LogP contribution in [0.5, 0.6) is 0 Å². The van der Waals surface area contributed by atoms with Crippen LogP contribution in [0.3, 0.4) is 0 Å². The lowest BCUT2D eigenvalue weighted by atomic mass is 10.1. The SMILES string of the molecule is CC.Cc1ccc(C(=O)NC(C)c2nccs2)cc1C. The topological polar surface area (TPSA) is 42.0 Å². The van der Waals surface area contributed by atoms with Crippen molar-refractivity contribution in [2.45, 2.75) is 40.7 Å². The highest BCUT2D eigenvalue weighted by Gasteiger charge is 2.13. The lowest BCUT2D eigenvalue weighted by Crippen LogP contribution is -2.26. The van der Waals surface area contributed by atoms with E-state index in [1.165, 1.54) is 5.56 Å². The first-order chi connectivity index (χ1) is 9.58. The summed E-state index contributed by atoms with van der Waals surface area (Å²) in [5.41, 5.74) is 3.02. The van der Waals surface area contributed by atoms with Gasteiger partial charge >= 0.3 is 0 Å². The molecule has 0 radical (unpaired) electrons. The van der Waals surface area contributed by atoms with Crippen LogP contribution in [0.25, 0.3) is 0 Å². The molecule has 0 spiro atoms. The first kappa shape index (κ1) is 16.4. The summed E-state index contributed by atoms with van der Waals surface area (Å²) in [6, 6.07) is 5.68. The molecule has 108 valence electrons. The van der Waals surface area contributed by atoms with Crippen LogP contribution in [0.15, 0.2) is 29.8 Å². The van der Waals surface area contributed by atoms with Crippen LogP contribution in [0.2, 0.25) is 0 Å². The van der Waals surface area contributed by atoms with Gasteiger partial charge in [0.1, 0.15) is 5.01 Å². The minimum atomic E-state index is -0.0564. The Balaban J connectivity index is 0.000000956. The number of aryl methyl sites for hydroxylation is 2. The molecule has 1 N–H and O–H groups in total. The zero-order valence-electron chi connectivity index (χ0n) is 12.7. The Kier molecular flexibility index (Phi) is 6.39. The molecule has 0 fully saturated rings. The lowest BCUT2D eigenvalue weighted by molar-refractivity contribution is 0.0939. The van der Waals surface area contributed by atoms with E-state index in [2.05, 4.69) is 10.3 Å². The molecule has 0 aliphatic rings. The van der Waals surface area contributed by atoms with Gasteiger partial charge < -0.3 is 5.32 Å². The Morgan fingerprint density at radius 1 is 1.25 bits per heavy atom. The van der Waals surface area contributed by atoms with Gasteiger partial charge in [0.2, 0.25) is 0 Å². The minimum Gasteiger partial charge on any atom is -0.343 e. The van der Waals surface area contributed by atoms with Crippen LogP contribution in [-0.4, -0.2) is 10.9 Å². The van der Waals surface area contributed by atoms with Crippen molar-refractivity contribution in [2.75, 3.05) is 0 Å². The molecular formula is C16H22N2OS. The molecule has 0 saturated carbocycles. The van der Waals surface area contributed by atoms with Crippen molar-refractivity contribution in [3.8, 4) is 0 Å². The molecular weight excluding hydrogens is 268 g/mol. The molecule has 20 heavy (non-hydrogen) atoms. The van der Waals surface area contributed by atoms with E-state index in [1.54, 1.807) is 17.5 Å². The highest BCUT2D eigenvalue weighted by atomic mass is 32.1. The number of benzene rings is 1. The molecule has 1 unspecified atom stereocenters. The summed E-state index contributed by atoms with van der Waals surface area (Å²) in [6.07, 6.45) is 1.75. The average molecular weight is 290 g/mol. The number of amides is 1. The van der Waals surface area contributed by atoms with Crippen molar-refractivity contribution in [1.29, 1.82) is 0 Å². The van der Waals surface area contributed by atoms with Crippen molar-refractivity contribution in [3.05, 3.63) is 51.5 Å². The maximum atomic E-state index is 12.1. The van der Waals surface area contributed by atoms with Crippen molar-refractivity contribution in [1.82, 2.24) is 10.3 Å². The molecule has 0 saturated heterocycles. The number of aromatic nitrogens is 1. The molecule has 0 aliphatic carbocycles. The van der Waals surface area contributed by atoms with E-state index in [9.17, 15) is 4.79 Å². The van der Waals surface area contributed by atoms with Gasteiger partial charge in [-0.2, -0.15) is 0 Å². The number of thiazole rings is 1. The molecule has 2 aromatic rings. The Labute approximate surface area is 125 Å². The molecule has 3 nitrogen and oxygen atoms in total. The predicted molar refractivity (Wildman–Crippen MR) is 85.3 cm³/mol. The summed E-state index contributed by atoms with van der Waals surface area (Å²) in [6.45, 7) is 9.99. The monoisotopic (exact) mass is 290 g/mol. The van der Waals surface area contributed by atoms with Crippen LogP contribution in [0.4, 0.5) is 0 Å². The number of nitrogens with zero attached hydrogens (tertiary/aromatic N) is 1. The van der Waals surface area contributed by atoms with Gasteiger partial charge in [0, 0.05) is 17.1 Å². The van der Waals surface area contributed by atoms with Crippen LogP contribution in [0, 0.1) is 13.8 Å². The Bertz CT molecular complexity index is 550. The maximum absolute atomic E-state index is 12.1. The first-order valence-electron chi connectivity index (χ1n) is 6.85. The quantitative estimate of drug-likeness (QED) is 0.917. The van der Waals surface area contributed by atoms with Crippen LogP contribution in [0.1, 0.15) is 53.3 Å². The lowest BCUT2D eigenvalue weighted by Gasteiger charge is -2.12. The number of hydrogen-bond acceptors (Lipinski definition) is 3. The second-order valence-electron chi connectivity index (χ2n) is 4.36. The Morgan fingerprint density at radius 3 is 2.50 bits per heavy atom. The summed E-state index contributed by atoms with van der Waals surface area (Å²) in [5.74, 6) is -0.0548. The molecule has 1 heterocycles. The van der Waals surface area contributed by atoms with E-state index < -0.39 is 0 Å². The van der Waals surface area contributed by atoms with Crippen molar-refractivity contribution in [3.63, 3.8) is 0 Å². The van der Waals surface area contributed by atoms with Gasteiger partial charge in [-0.25, -0.2) is 4.98 Å². The second-order valence-corrected chi connectivity index (χ2v) is 5.29. The number of carbonyl (C=O) groups excluding carboxylic acids is 1. The molecule has 2 rings (SSSR count). The van der Waals surface area contributed by atoms with Gasteiger partial charge in [0.15, 0.2) is 0 Å². The number of hydrogen-bond donors (Lipinski definition) is 1. The standard InChI is InChI=1S/C14H16N2OS.C2H6/c1-9-4-5-12(8-10(9)2)13(17)16-11(3)14-15-6-7-18-14;1-2/h4-8,11H,1-3H3,(H,16,17);1-2H3. The molecule has 1 amide bonds. The normalized spacial score (nSPS) is 11.2. The fourth-order valence-electron chi connectivity index (χ4n) is 1.67. The predicted octanol–water partition coefficient (Wildman–Crippen LogP) is 4.28. The molecule has 1 aromatic carbocycles. The summed E-state index contributed by atoms with van der Waals surface area (Å²) >= 11 is 1.55. The Hall–Kier alpha value is -1.68. The van der Waals surface area contributed by atoms with Gasteiger partial charge in [-0.3, -0.25) is 4.79 Å². The fourth-order valence-corrected chi connectivity index (χ4v) is 2.32. The van der Waals surface area contributed by atoms with Crippen LogP contribution < -0.4 is 5.32 Å². The zero-order chi connectivity index (χ0) is 15.1. The Morgan fingerprint density at radius 2 is 1.95 bits per heavy atom. The van der Waals surface area contributed by atoms with Gasteiger partial charge in [-0.05, 0) is 44.0 Å². The number of carbonyl (C=O) groups is 1. The van der Waals surface area contributed by atoms with Gasteiger partial charge in [-0.1, -0.05) is 19.9 Å². The van der Waals surface area contributed by atoms with E-state index in [0.717, 1.165) is 10.6 Å². The summed E-state index contributed by atoms with van der Waals surface area (Å²) in [5, 5.41) is 5.79. The average Bonchev–Trinajstić information content (AvgIpc) is 2.98. The zero-order valence-corrected chi connectivity index (χ0v) is 13.5. The van der Waals surface area contributed by atoms with Crippen molar-refractivity contribution in [2.24, 2.45) is 0 Å².